The van der Waals surface area contributed by atoms with Gasteiger partial charge in [0.15, 0.2) is 0 Å². The average molecular weight is 331 g/mol. The van der Waals surface area contributed by atoms with Crippen molar-refractivity contribution in [3.8, 4) is 5.69 Å². The van der Waals surface area contributed by atoms with Gasteiger partial charge in [0.2, 0.25) is 0 Å². The summed E-state index contributed by atoms with van der Waals surface area (Å²) in [6.07, 6.45) is 1.67. The Kier molecular flexibility index (Phi) is 4.02. The molecular formula is C16H15ClN4O2. The van der Waals surface area contributed by atoms with Crippen molar-refractivity contribution in [3.63, 3.8) is 0 Å². The van der Waals surface area contributed by atoms with Crippen LogP contribution in [0.3, 0.4) is 0 Å². The van der Waals surface area contributed by atoms with Crippen LogP contribution in [-0.4, -0.2) is 21.6 Å². The zero-order valence-electron chi connectivity index (χ0n) is 12.7. The minimum atomic E-state index is -0.475. The van der Waals surface area contributed by atoms with Crippen LogP contribution < -0.4 is 11.4 Å². The molecular weight excluding hydrogens is 316 g/mol. The van der Waals surface area contributed by atoms with Crippen molar-refractivity contribution in [3.05, 3.63) is 57.2 Å². The van der Waals surface area contributed by atoms with Crippen LogP contribution in [0.15, 0.2) is 35.3 Å². The van der Waals surface area contributed by atoms with Gasteiger partial charge in [0.05, 0.1) is 23.5 Å². The summed E-state index contributed by atoms with van der Waals surface area (Å²) in [7, 11) is 1.58. The second-order valence-corrected chi connectivity index (χ2v) is 5.55. The van der Waals surface area contributed by atoms with E-state index in [9.17, 15) is 4.79 Å². The number of aromatic nitrogens is 3. The van der Waals surface area contributed by atoms with Gasteiger partial charge in [0.1, 0.15) is 5.82 Å². The Morgan fingerprint density at radius 2 is 2.17 bits per heavy atom. The summed E-state index contributed by atoms with van der Waals surface area (Å²) >= 11 is 6.22. The monoisotopic (exact) mass is 330 g/mol. The van der Waals surface area contributed by atoms with Gasteiger partial charge in [-0.25, -0.2) is 4.79 Å². The molecule has 0 fully saturated rings. The largest absolute Gasteiger partial charge is 0.383 e. The van der Waals surface area contributed by atoms with E-state index in [0.717, 1.165) is 5.56 Å². The fraction of sp³-hybridized carbons (Fsp3) is 0.188. The molecule has 3 rings (SSSR count). The van der Waals surface area contributed by atoms with Crippen LogP contribution >= 0.6 is 11.6 Å². The lowest BCUT2D eigenvalue weighted by Crippen LogP contribution is -2.24. The number of nitrogens with zero attached hydrogens (tertiary/aromatic N) is 3. The number of nitrogens with two attached hydrogens (primary N) is 1. The summed E-state index contributed by atoms with van der Waals surface area (Å²) < 4.78 is 6.68. The Morgan fingerprint density at radius 1 is 1.39 bits per heavy atom. The maximum atomic E-state index is 12.5. The third kappa shape index (κ3) is 2.67. The first-order valence-electron chi connectivity index (χ1n) is 6.94. The molecule has 23 heavy (non-hydrogen) atoms. The molecule has 0 radical (unpaired) electrons. The lowest BCUT2D eigenvalue weighted by Gasteiger charge is -2.15. The van der Waals surface area contributed by atoms with Gasteiger partial charge in [0.25, 0.3) is 0 Å². The number of halogens is 1. The molecule has 0 spiro atoms. The highest BCUT2D eigenvalue weighted by Crippen LogP contribution is 2.28. The van der Waals surface area contributed by atoms with Crippen molar-refractivity contribution < 1.29 is 4.74 Å². The summed E-state index contributed by atoms with van der Waals surface area (Å²) in [5, 5.41) is 1.14. The van der Waals surface area contributed by atoms with Gasteiger partial charge in [-0.15, -0.1) is 0 Å². The Balaban J connectivity index is 2.48. The number of methoxy groups -OCH3 is 1. The van der Waals surface area contributed by atoms with Gasteiger partial charge >= 0.3 is 5.69 Å². The van der Waals surface area contributed by atoms with Gasteiger partial charge in [-0.2, -0.15) is 4.98 Å². The number of hydrogen-bond acceptors (Lipinski definition) is 5. The average Bonchev–Trinajstić information content (AvgIpc) is 2.48. The Morgan fingerprint density at radius 3 is 2.87 bits per heavy atom. The SMILES string of the molecule is COCc1cc(Cl)cc2c1c(N)nc(=O)n2-c1cccnc1C. The number of benzene rings is 1. The Bertz CT molecular complexity index is 953. The number of hydrogen-bond donors (Lipinski definition) is 1. The molecule has 0 unspecified atom stereocenters. The molecule has 0 saturated carbocycles. The fourth-order valence-corrected chi connectivity index (χ4v) is 2.88. The van der Waals surface area contributed by atoms with E-state index in [-0.39, 0.29) is 5.82 Å². The summed E-state index contributed by atoms with van der Waals surface area (Å²) in [5.74, 6) is 0.159. The van der Waals surface area contributed by atoms with Crippen molar-refractivity contribution >= 4 is 28.3 Å². The van der Waals surface area contributed by atoms with E-state index in [2.05, 4.69) is 9.97 Å². The number of anilines is 1. The molecule has 0 aliphatic heterocycles. The summed E-state index contributed by atoms with van der Waals surface area (Å²) in [5.41, 5.74) is 8.21. The van der Waals surface area contributed by atoms with Gasteiger partial charge in [-0.3, -0.25) is 9.55 Å². The molecule has 6 nitrogen and oxygen atoms in total. The summed E-state index contributed by atoms with van der Waals surface area (Å²) in [6, 6.07) is 7.02. The normalized spacial score (nSPS) is 11.1. The molecule has 7 heteroatoms. The van der Waals surface area contributed by atoms with Crippen molar-refractivity contribution in [2.45, 2.75) is 13.5 Å². The van der Waals surface area contributed by atoms with Crippen LogP contribution in [0.1, 0.15) is 11.3 Å². The van der Waals surface area contributed by atoms with Gasteiger partial charge in [-0.05, 0) is 36.8 Å². The second-order valence-electron chi connectivity index (χ2n) is 5.12. The van der Waals surface area contributed by atoms with Crippen molar-refractivity contribution in [1.82, 2.24) is 14.5 Å². The quantitative estimate of drug-likeness (QED) is 0.797. The first-order valence-corrected chi connectivity index (χ1v) is 7.32. The highest BCUT2D eigenvalue weighted by molar-refractivity contribution is 6.31. The molecule has 0 aliphatic carbocycles. The molecule has 0 aliphatic rings. The standard InChI is InChI=1S/C16H15ClN4O2/c1-9-12(4-3-5-19-9)21-13-7-11(17)6-10(8-23-2)14(13)15(18)20-16(21)22/h3-7H,8H2,1-2H3,(H2,18,20,22). The Labute approximate surface area is 137 Å². The minimum absolute atomic E-state index is 0.159. The third-order valence-electron chi connectivity index (χ3n) is 3.59. The Hall–Kier alpha value is -2.44. The van der Waals surface area contributed by atoms with Crippen LogP contribution in [-0.2, 0) is 11.3 Å². The fourth-order valence-electron chi connectivity index (χ4n) is 2.65. The molecule has 0 saturated heterocycles. The minimum Gasteiger partial charge on any atom is -0.383 e. The van der Waals surface area contributed by atoms with E-state index in [1.807, 2.05) is 6.92 Å². The third-order valence-corrected chi connectivity index (χ3v) is 3.81. The number of rotatable bonds is 3. The van der Waals surface area contributed by atoms with Gasteiger partial charge in [-0.1, -0.05) is 11.6 Å². The van der Waals surface area contributed by atoms with Crippen LogP contribution in [0.2, 0.25) is 5.02 Å². The van der Waals surface area contributed by atoms with E-state index in [1.165, 1.54) is 4.57 Å². The van der Waals surface area contributed by atoms with E-state index in [1.54, 1.807) is 37.6 Å². The molecule has 2 aromatic heterocycles. The van der Waals surface area contributed by atoms with Crippen molar-refractivity contribution in [2.24, 2.45) is 0 Å². The van der Waals surface area contributed by atoms with E-state index in [0.29, 0.717) is 33.9 Å². The second kappa shape index (κ2) is 5.98. The number of fused-ring (bicyclic) bond motifs is 1. The number of ether oxygens (including phenoxy) is 1. The highest BCUT2D eigenvalue weighted by Gasteiger charge is 2.16. The smallest absolute Gasteiger partial charge is 0.354 e. The predicted octanol–water partition coefficient (Wildman–Crippen LogP) is 2.47. The molecule has 0 amide bonds. The predicted molar refractivity (Wildman–Crippen MR) is 90.0 cm³/mol. The molecule has 1 aromatic carbocycles. The molecule has 2 heterocycles. The van der Waals surface area contributed by atoms with Gasteiger partial charge < -0.3 is 10.5 Å². The molecule has 0 atom stereocenters. The zero-order valence-corrected chi connectivity index (χ0v) is 13.5. The van der Waals surface area contributed by atoms with E-state index in [4.69, 9.17) is 22.1 Å². The van der Waals surface area contributed by atoms with Crippen molar-refractivity contribution in [1.29, 1.82) is 0 Å². The topological polar surface area (TPSA) is 83.0 Å². The first kappa shape index (κ1) is 15.5. The highest BCUT2D eigenvalue weighted by atomic mass is 35.5. The lowest BCUT2D eigenvalue weighted by atomic mass is 10.1. The summed E-state index contributed by atoms with van der Waals surface area (Å²) in [6.45, 7) is 2.14. The maximum absolute atomic E-state index is 12.5. The first-order chi connectivity index (χ1) is 11.0. The lowest BCUT2D eigenvalue weighted by molar-refractivity contribution is 0.186. The maximum Gasteiger partial charge on any atom is 0.354 e. The van der Waals surface area contributed by atoms with Crippen LogP contribution in [0, 0.1) is 6.92 Å². The number of nitrogen functional groups attached to an aromatic ring is 1. The number of pyridine rings is 1. The van der Waals surface area contributed by atoms with Gasteiger partial charge in [0, 0.05) is 23.7 Å². The summed E-state index contributed by atoms with van der Waals surface area (Å²) in [4.78, 5) is 20.6. The molecule has 2 N–H and O–H groups in total. The van der Waals surface area contributed by atoms with Crippen LogP contribution in [0.4, 0.5) is 5.82 Å². The van der Waals surface area contributed by atoms with E-state index < -0.39 is 5.69 Å². The van der Waals surface area contributed by atoms with Crippen LogP contribution in [0.25, 0.3) is 16.6 Å². The van der Waals surface area contributed by atoms with E-state index >= 15 is 0 Å². The molecule has 3 aromatic rings. The molecule has 0 bridgehead atoms. The number of aryl methyl sites for hydroxylation is 1. The van der Waals surface area contributed by atoms with Crippen LogP contribution in [0.5, 0.6) is 0 Å². The zero-order chi connectivity index (χ0) is 16.6. The molecule has 118 valence electrons. The van der Waals surface area contributed by atoms with Crippen molar-refractivity contribution in [2.75, 3.05) is 12.8 Å².